The van der Waals surface area contributed by atoms with Gasteiger partial charge >= 0.3 is 5.97 Å². The second-order valence-corrected chi connectivity index (χ2v) is 3.34. The van der Waals surface area contributed by atoms with Crippen LogP contribution in [-0.4, -0.2) is 11.1 Å². The Morgan fingerprint density at radius 1 is 1.56 bits per heavy atom. The molecule has 0 aliphatic heterocycles. The van der Waals surface area contributed by atoms with E-state index >= 15 is 0 Å². The van der Waals surface area contributed by atoms with Crippen molar-refractivity contribution in [3.05, 3.63) is 23.8 Å². The average Bonchev–Trinajstić information content (AvgIpc) is 2.19. The van der Waals surface area contributed by atoms with E-state index in [0.29, 0.717) is 0 Å². The summed E-state index contributed by atoms with van der Waals surface area (Å²) in [5.41, 5.74) is 6.62. The van der Waals surface area contributed by atoms with E-state index in [1.54, 1.807) is 12.1 Å². The maximum atomic E-state index is 10.7. The van der Waals surface area contributed by atoms with Crippen LogP contribution in [0.2, 0.25) is 0 Å². The molecule has 0 aromatic heterocycles. The number of hydrogen-bond acceptors (Lipinski definition) is 4. The molecule has 1 aromatic carbocycles. The SMILES string of the molecule is CC[C@H](N)c1ccc(OC(C)=O)c(O)c1.Cl. The van der Waals surface area contributed by atoms with Crippen molar-refractivity contribution in [3.63, 3.8) is 0 Å². The summed E-state index contributed by atoms with van der Waals surface area (Å²) in [5.74, 6) is -0.362. The Morgan fingerprint density at radius 3 is 2.62 bits per heavy atom. The minimum Gasteiger partial charge on any atom is -0.504 e. The molecule has 0 aliphatic carbocycles. The van der Waals surface area contributed by atoms with Gasteiger partial charge < -0.3 is 15.6 Å². The number of carbonyl (C=O) groups is 1. The van der Waals surface area contributed by atoms with Crippen LogP contribution in [0.5, 0.6) is 11.5 Å². The molecule has 90 valence electrons. The first kappa shape index (κ1) is 14.7. The minimum atomic E-state index is -0.460. The number of esters is 1. The molecule has 0 unspecified atom stereocenters. The van der Waals surface area contributed by atoms with Crippen LogP contribution in [0.4, 0.5) is 0 Å². The molecular formula is C11H16ClNO3. The van der Waals surface area contributed by atoms with Crippen LogP contribution in [0.1, 0.15) is 31.9 Å². The van der Waals surface area contributed by atoms with Crippen molar-refractivity contribution in [2.75, 3.05) is 0 Å². The Balaban J connectivity index is 0.00000225. The van der Waals surface area contributed by atoms with Crippen LogP contribution in [-0.2, 0) is 4.79 Å². The Bertz CT molecular complexity index is 368. The van der Waals surface area contributed by atoms with Crippen molar-refractivity contribution in [1.82, 2.24) is 0 Å². The number of carbonyl (C=O) groups excluding carboxylic acids is 1. The molecule has 0 fully saturated rings. The number of phenolic OH excluding ortho intramolecular Hbond substituents is 1. The van der Waals surface area contributed by atoms with Gasteiger partial charge in [-0.15, -0.1) is 12.4 Å². The van der Waals surface area contributed by atoms with Gasteiger partial charge in [-0.1, -0.05) is 13.0 Å². The lowest BCUT2D eigenvalue weighted by atomic mass is 10.1. The van der Waals surface area contributed by atoms with E-state index in [4.69, 9.17) is 10.5 Å². The summed E-state index contributed by atoms with van der Waals surface area (Å²) in [6, 6.07) is 4.70. The molecule has 0 spiro atoms. The molecule has 1 rings (SSSR count). The molecule has 0 radical (unpaired) electrons. The third kappa shape index (κ3) is 3.72. The maximum Gasteiger partial charge on any atom is 0.308 e. The van der Waals surface area contributed by atoms with Crippen LogP contribution in [0.15, 0.2) is 18.2 Å². The van der Waals surface area contributed by atoms with Gasteiger partial charge in [0.15, 0.2) is 11.5 Å². The van der Waals surface area contributed by atoms with Crippen LogP contribution in [0, 0.1) is 0 Å². The third-order valence-electron chi connectivity index (χ3n) is 2.10. The standard InChI is InChI=1S/C11H15NO3.ClH/c1-3-9(12)8-4-5-11(10(14)6-8)15-7(2)13;/h4-6,9,14H,3,12H2,1-2H3;1H/t9-;/m0./s1. The van der Waals surface area contributed by atoms with Crippen molar-refractivity contribution >= 4 is 18.4 Å². The summed E-state index contributed by atoms with van der Waals surface area (Å²) in [6.45, 7) is 3.24. The Labute approximate surface area is 101 Å². The summed E-state index contributed by atoms with van der Waals surface area (Å²) in [5, 5.41) is 9.55. The van der Waals surface area contributed by atoms with Gasteiger partial charge in [0.05, 0.1) is 0 Å². The minimum absolute atomic E-state index is 0. The van der Waals surface area contributed by atoms with Crippen molar-refractivity contribution in [2.45, 2.75) is 26.3 Å². The molecule has 1 aromatic rings. The van der Waals surface area contributed by atoms with Crippen LogP contribution in [0.3, 0.4) is 0 Å². The van der Waals surface area contributed by atoms with Crippen molar-refractivity contribution in [1.29, 1.82) is 0 Å². The van der Waals surface area contributed by atoms with E-state index in [1.807, 2.05) is 6.92 Å². The number of rotatable bonds is 3. The Hall–Kier alpha value is -1.26. The van der Waals surface area contributed by atoms with Gasteiger partial charge in [-0.25, -0.2) is 0 Å². The topological polar surface area (TPSA) is 72.5 Å². The van der Waals surface area contributed by atoms with Gasteiger partial charge in [-0.05, 0) is 24.1 Å². The molecule has 4 nitrogen and oxygen atoms in total. The van der Waals surface area contributed by atoms with E-state index in [0.717, 1.165) is 12.0 Å². The number of phenols is 1. The van der Waals surface area contributed by atoms with E-state index < -0.39 is 5.97 Å². The molecule has 0 heterocycles. The molecule has 3 N–H and O–H groups in total. The predicted molar refractivity (Wildman–Crippen MR) is 63.9 cm³/mol. The lowest BCUT2D eigenvalue weighted by Gasteiger charge is -2.11. The molecule has 0 bridgehead atoms. The third-order valence-corrected chi connectivity index (χ3v) is 2.10. The fraction of sp³-hybridized carbons (Fsp3) is 0.364. The second kappa shape index (κ2) is 6.35. The summed E-state index contributed by atoms with van der Waals surface area (Å²) in [7, 11) is 0. The molecule has 5 heteroatoms. The smallest absolute Gasteiger partial charge is 0.308 e. The number of nitrogens with two attached hydrogens (primary N) is 1. The number of benzene rings is 1. The number of ether oxygens (including phenoxy) is 1. The van der Waals surface area contributed by atoms with Gasteiger partial charge in [0, 0.05) is 13.0 Å². The van der Waals surface area contributed by atoms with Crippen LogP contribution < -0.4 is 10.5 Å². The van der Waals surface area contributed by atoms with Gasteiger partial charge in [0.1, 0.15) is 0 Å². The van der Waals surface area contributed by atoms with Gasteiger partial charge in [0.25, 0.3) is 0 Å². The predicted octanol–water partition coefficient (Wildman–Crippen LogP) is 2.15. The number of hydrogen-bond donors (Lipinski definition) is 2. The van der Waals surface area contributed by atoms with E-state index in [1.165, 1.54) is 13.0 Å². The molecule has 0 aliphatic rings. The second-order valence-electron chi connectivity index (χ2n) is 3.34. The zero-order valence-corrected chi connectivity index (χ0v) is 10.1. The molecule has 1 atom stereocenters. The van der Waals surface area contributed by atoms with E-state index in [2.05, 4.69) is 0 Å². The fourth-order valence-electron chi connectivity index (χ4n) is 1.24. The van der Waals surface area contributed by atoms with Crippen LogP contribution >= 0.6 is 12.4 Å². The molecule has 0 amide bonds. The van der Waals surface area contributed by atoms with Crippen molar-refractivity contribution in [2.24, 2.45) is 5.73 Å². The lowest BCUT2D eigenvalue weighted by Crippen LogP contribution is -2.08. The largest absolute Gasteiger partial charge is 0.504 e. The summed E-state index contributed by atoms with van der Waals surface area (Å²) >= 11 is 0. The number of aromatic hydroxyl groups is 1. The summed E-state index contributed by atoms with van der Waals surface area (Å²) < 4.78 is 4.78. The zero-order chi connectivity index (χ0) is 11.4. The Morgan fingerprint density at radius 2 is 2.19 bits per heavy atom. The molecule has 0 saturated carbocycles. The molecule has 0 saturated heterocycles. The van der Waals surface area contributed by atoms with Crippen molar-refractivity contribution < 1.29 is 14.6 Å². The summed E-state index contributed by atoms with van der Waals surface area (Å²) in [4.78, 5) is 10.7. The lowest BCUT2D eigenvalue weighted by molar-refractivity contribution is -0.132. The highest BCUT2D eigenvalue weighted by molar-refractivity contribution is 5.85. The summed E-state index contributed by atoms with van der Waals surface area (Å²) in [6.07, 6.45) is 0.784. The quantitative estimate of drug-likeness (QED) is 0.632. The van der Waals surface area contributed by atoms with E-state index in [9.17, 15) is 9.90 Å². The highest BCUT2D eigenvalue weighted by Gasteiger charge is 2.09. The monoisotopic (exact) mass is 245 g/mol. The zero-order valence-electron chi connectivity index (χ0n) is 9.27. The average molecular weight is 246 g/mol. The molecule has 16 heavy (non-hydrogen) atoms. The first-order valence-electron chi connectivity index (χ1n) is 4.81. The highest BCUT2D eigenvalue weighted by atomic mass is 35.5. The fourth-order valence-corrected chi connectivity index (χ4v) is 1.24. The molecular weight excluding hydrogens is 230 g/mol. The van der Waals surface area contributed by atoms with Gasteiger partial charge in [0.2, 0.25) is 0 Å². The van der Waals surface area contributed by atoms with Crippen molar-refractivity contribution in [3.8, 4) is 11.5 Å². The van der Waals surface area contributed by atoms with Crippen LogP contribution in [0.25, 0.3) is 0 Å². The highest BCUT2D eigenvalue weighted by Crippen LogP contribution is 2.29. The maximum absolute atomic E-state index is 10.7. The first-order chi connectivity index (χ1) is 7.04. The normalized spacial score (nSPS) is 11.4. The van der Waals surface area contributed by atoms with Gasteiger partial charge in [-0.3, -0.25) is 4.79 Å². The number of halogens is 1. The van der Waals surface area contributed by atoms with Gasteiger partial charge in [-0.2, -0.15) is 0 Å². The Kier molecular flexibility index (Phi) is 5.85. The van der Waals surface area contributed by atoms with E-state index in [-0.39, 0.29) is 29.9 Å². The first-order valence-corrected chi connectivity index (χ1v) is 4.81.